The first kappa shape index (κ1) is 22.8. The average molecular weight is 458 g/mol. The van der Waals surface area contributed by atoms with Gasteiger partial charge in [-0.3, -0.25) is 9.69 Å². The summed E-state index contributed by atoms with van der Waals surface area (Å²) in [5.74, 6) is -0.379. The molecule has 6 nitrogen and oxygen atoms in total. The maximum atomic E-state index is 13.1. The van der Waals surface area contributed by atoms with Gasteiger partial charge in [0.15, 0.2) is 17.5 Å². The van der Waals surface area contributed by atoms with Crippen molar-refractivity contribution in [2.24, 2.45) is 0 Å². The number of unbranched alkanes of at least 4 members (excludes halogenated alkanes) is 1. The highest BCUT2D eigenvalue weighted by Crippen LogP contribution is 2.39. The number of benzene rings is 2. The molecule has 31 heavy (non-hydrogen) atoms. The van der Waals surface area contributed by atoms with E-state index in [9.17, 15) is 14.7 Å². The van der Waals surface area contributed by atoms with Gasteiger partial charge >= 0.3 is 5.97 Å². The number of carbonyl (C=O) groups excluding carboxylic acids is 1. The van der Waals surface area contributed by atoms with Gasteiger partial charge in [0.05, 0.1) is 18.6 Å². The molecular formula is C23H23NO5S2. The van der Waals surface area contributed by atoms with Crippen molar-refractivity contribution < 1.29 is 24.2 Å². The fraction of sp³-hybridized carbons (Fsp3) is 0.261. The summed E-state index contributed by atoms with van der Waals surface area (Å²) in [5.41, 5.74) is 1.22. The summed E-state index contributed by atoms with van der Waals surface area (Å²) in [7, 11) is 1.56. The number of hydrogen-bond acceptors (Lipinski definition) is 6. The molecular weight excluding hydrogens is 434 g/mol. The van der Waals surface area contributed by atoms with Gasteiger partial charge in [0.2, 0.25) is 0 Å². The van der Waals surface area contributed by atoms with Crippen molar-refractivity contribution in [1.29, 1.82) is 0 Å². The first-order valence-corrected chi connectivity index (χ1v) is 11.0. The standard InChI is InChI=1S/C23H23NO5S2/c1-3-4-12-29-17-11-10-15(13-18(17)28-2)14-19-21(25)24(23(30)31-19)20(22(26)27)16-8-6-5-7-9-16/h5-11,13-14,20H,3-4,12H2,1-2H3,(H,26,27)/b19-14+/t20-/m1/s1. The van der Waals surface area contributed by atoms with E-state index >= 15 is 0 Å². The maximum Gasteiger partial charge on any atom is 0.331 e. The van der Waals surface area contributed by atoms with Crippen molar-refractivity contribution in [1.82, 2.24) is 4.90 Å². The van der Waals surface area contributed by atoms with Gasteiger partial charge in [-0.1, -0.05) is 73.7 Å². The predicted octanol–water partition coefficient (Wildman–Crippen LogP) is 4.90. The van der Waals surface area contributed by atoms with Crippen LogP contribution in [0.25, 0.3) is 6.08 Å². The molecule has 1 atom stereocenters. The van der Waals surface area contributed by atoms with E-state index in [1.54, 1.807) is 55.7 Å². The first-order valence-electron chi connectivity index (χ1n) is 9.82. The molecule has 1 aliphatic heterocycles. The minimum absolute atomic E-state index is 0.207. The Morgan fingerprint density at radius 3 is 2.61 bits per heavy atom. The molecule has 3 rings (SSSR count). The van der Waals surface area contributed by atoms with Crippen molar-refractivity contribution in [3.63, 3.8) is 0 Å². The molecule has 1 aliphatic rings. The molecule has 162 valence electrons. The number of thiocarbonyl (C=S) groups is 1. The zero-order valence-corrected chi connectivity index (χ0v) is 18.9. The second kappa shape index (κ2) is 10.5. The third-order valence-electron chi connectivity index (χ3n) is 4.67. The number of thioether (sulfide) groups is 1. The number of amides is 1. The predicted molar refractivity (Wildman–Crippen MR) is 125 cm³/mol. The van der Waals surface area contributed by atoms with Gasteiger partial charge in [0.1, 0.15) is 4.32 Å². The van der Waals surface area contributed by atoms with Crippen LogP contribution in [0.4, 0.5) is 0 Å². The number of rotatable bonds is 9. The molecule has 2 aromatic rings. The highest BCUT2D eigenvalue weighted by atomic mass is 32.2. The van der Waals surface area contributed by atoms with Crippen molar-refractivity contribution in [2.75, 3.05) is 13.7 Å². The minimum Gasteiger partial charge on any atom is -0.493 e. The summed E-state index contributed by atoms with van der Waals surface area (Å²) in [4.78, 5) is 26.5. The number of aliphatic carboxylic acids is 1. The maximum absolute atomic E-state index is 13.1. The van der Waals surface area contributed by atoms with Crippen LogP contribution >= 0.6 is 24.0 Å². The zero-order chi connectivity index (χ0) is 22.4. The van der Waals surface area contributed by atoms with E-state index in [1.165, 1.54) is 0 Å². The summed E-state index contributed by atoms with van der Waals surface area (Å²) in [6.45, 7) is 2.69. The lowest BCUT2D eigenvalue weighted by Gasteiger charge is -2.23. The van der Waals surface area contributed by atoms with Crippen LogP contribution < -0.4 is 9.47 Å². The molecule has 0 aliphatic carbocycles. The molecule has 1 N–H and O–H groups in total. The highest BCUT2D eigenvalue weighted by Gasteiger charge is 2.41. The monoisotopic (exact) mass is 457 g/mol. The van der Waals surface area contributed by atoms with Crippen LogP contribution in [0.2, 0.25) is 0 Å². The van der Waals surface area contributed by atoms with Crippen LogP contribution in [0, 0.1) is 0 Å². The van der Waals surface area contributed by atoms with Crippen LogP contribution in [-0.4, -0.2) is 39.9 Å². The van der Waals surface area contributed by atoms with Gasteiger partial charge < -0.3 is 14.6 Å². The molecule has 1 amide bonds. The van der Waals surface area contributed by atoms with Gasteiger partial charge in [0, 0.05) is 0 Å². The van der Waals surface area contributed by atoms with E-state index < -0.39 is 17.9 Å². The molecule has 8 heteroatoms. The van der Waals surface area contributed by atoms with Gasteiger partial charge in [-0.15, -0.1) is 0 Å². The van der Waals surface area contributed by atoms with Crippen molar-refractivity contribution in [3.8, 4) is 11.5 Å². The minimum atomic E-state index is -1.18. The van der Waals surface area contributed by atoms with Crippen molar-refractivity contribution in [2.45, 2.75) is 25.8 Å². The molecule has 0 bridgehead atoms. The Hall–Kier alpha value is -2.84. The number of carboxylic acid groups (broad SMARTS) is 1. The largest absolute Gasteiger partial charge is 0.493 e. The quantitative estimate of drug-likeness (QED) is 0.326. The molecule has 0 radical (unpaired) electrons. The Labute approximate surface area is 190 Å². The molecule has 1 saturated heterocycles. The third kappa shape index (κ3) is 5.26. The number of carboxylic acids is 1. The Kier molecular flexibility index (Phi) is 7.70. The number of methoxy groups -OCH3 is 1. The van der Waals surface area contributed by atoms with Gasteiger partial charge in [0.25, 0.3) is 5.91 Å². The lowest BCUT2D eigenvalue weighted by molar-refractivity contribution is -0.145. The third-order valence-corrected chi connectivity index (χ3v) is 6.00. The van der Waals surface area contributed by atoms with E-state index in [0.717, 1.165) is 35.1 Å². The average Bonchev–Trinajstić information content (AvgIpc) is 3.03. The number of hydrogen-bond donors (Lipinski definition) is 1. The lowest BCUT2D eigenvalue weighted by Crippen LogP contribution is -2.37. The van der Waals surface area contributed by atoms with Gasteiger partial charge in [-0.05, 0) is 35.8 Å². The van der Waals surface area contributed by atoms with E-state index in [0.29, 0.717) is 28.6 Å². The second-order valence-corrected chi connectivity index (χ2v) is 8.49. The van der Waals surface area contributed by atoms with Gasteiger partial charge in [-0.25, -0.2) is 4.79 Å². The summed E-state index contributed by atoms with van der Waals surface area (Å²) < 4.78 is 11.4. The first-order chi connectivity index (χ1) is 15.0. The Morgan fingerprint density at radius 2 is 1.97 bits per heavy atom. The van der Waals surface area contributed by atoms with E-state index in [4.69, 9.17) is 21.7 Å². The summed E-state index contributed by atoms with van der Waals surface area (Å²) in [6, 6.07) is 12.8. The fourth-order valence-electron chi connectivity index (χ4n) is 3.11. The van der Waals surface area contributed by atoms with Crippen molar-refractivity contribution >= 4 is 46.3 Å². The molecule has 0 aromatic heterocycles. The lowest BCUT2D eigenvalue weighted by atomic mass is 10.1. The number of carbonyl (C=O) groups is 2. The van der Waals surface area contributed by atoms with Crippen LogP contribution in [0.15, 0.2) is 53.4 Å². The van der Waals surface area contributed by atoms with Gasteiger partial charge in [-0.2, -0.15) is 0 Å². The molecule has 2 aromatic carbocycles. The van der Waals surface area contributed by atoms with Crippen LogP contribution in [-0.2, 0) is 9.59 Å². The zero-order valence-electron chi connectivity index (χ0n) is 17.2. The molecule has 0 unspecified atom stereocenters. The molecule has 0 saturated carbocycles. The second-order valence-electron chi connectivity index (χ2n) is 6.82. The Balaban J connectivity index is 1.87. The normalized spacial score (nSPS) is 15.9. The molecule has 0 spiro atoms. The topological polar surface area (TPSA) is 76.1 Å². The Bertz CT molecular complexity index is 1010. The molecule has 1 fully saturated rings. The fourth-order valence-corrected chi connectivity index (χ4v) is 4.42. The van der Waals surface area contributed by atoms with E-state index in [-0.39, 0.29) is 4.32 Å². The summed E-state index contributed by atoms with van der Waals surface area (Å²) in [5, 5.41) is 9.77. The summed E-state index contributed by atoms with van der Waals surface area (Å²) in [6.07, 6.45) is 3.66. The van der Waals surface area contributed by atoms with Crippen LogP contribution in [0.1, 0.15) is 36.9 Å². The number of nitrogens with zero attached hydrogens (tertiary/aromatic N) is 1. The summed E-state index contributed by atoms with van der Waals surface area (Å²) >= 11 is 6.44. The SMILES string of the molecule is CCCCOc1ccc(/C=C2/SC(=S)N([C@@H](C(=O)O)c3ccccc3)C2=O)cc1OC. The van der Waals surface area contributed by atoms with E-state index in [2.05, 4.69) is 6.92 Å². The smallest absolute Gasteiger partial charge is 0.331 e. The van der Waals surface area contributed by atoms with E-state index in [1.807, 2.05) is 6.07 Å². The van der Waals surface area contributed by atoms with Crippen LogP contribution in [0.3, 0.4) is 0 Å². The highest BCUT2D eigenvalue weighted by molar-refractivity contribution is 8.26. The Morgan fingerprint density at radius 1 is 1.23 bits per heavy atom. The van der Waals surface area contributed by atoms with Crippen molar-refractivity contribution in [3.05, 3.63) is 64.6 Å². The molecule has 1 heterocycles. The number of ether oxygens (including phenoxy) is 2. The van der Waals surface area contributed by atoms with Crippen LogP contribution in [0.5, 0.6) is 11.5 Å².